The molecule has 1 amide bonds. The van der Waals surface area contributed by atoms with Crippen LogP contribution < -0.4 is 15.8 Å². The van der Waals surface area contributed by atoms with Crippen LogP contribution >= 0.6 is 0 Å². The molecule has 0 unspecified atom stereocenters. The third-order valence-electron chi connectivity index (χ3n) is 4.24. The second-order valence-corrected chi connectivity index (χ2v) is 6.33. The van der Waals surface area contributed by atoms with Crippen LogP contribution in [-0.4, -0.2) is 24.0 Å². The van der Waals surface area contributed by atoms with Crippen LogP contribution in [0.5, 0.6) is 5.75 Å². The van der Waals surface area contributed by atoms with Gasteiger partial charge >= 0.3 is 5.97 Å². The molecule has 29 heavy (non-hydrogen) atoms. The van der Waals surface area contributed by atoms with E-state index in [2.05, 4.69) is 10.3 Å². The van der Waals surface area contributed by atoms with Crippen molar-refractivity contribution in [2.75, 3.05) is 18.2 Å². The number of nitrogens with two attached hydrogens (primary N) is 1. The zero-order chi connectivity index (χ0) is 20.8. The highest BCUT2D eigenvalue weighted by Gasteiger charge is 2.27. The number of aromatic nitrogens is 1. The van der Waals surface area contributed by atoms with E-state index in [0.29, 0.717) is 17.0 Å². The molecule has 0 aliphatic heterocycles. The lowest BCUT2D eigenvalue weighted by molar-refractivity contribution is -0.125. The van der Waals surface area contributed by atoms with Crippen molar-refractivity contribution < 1.29 is 19.1 Å². The van der Waals surface area contributed by atoms with E-state index in [-0.39, 0.29) is 11.4 Å². The Hall–Kier alpha value is -3.87. The fourth-order valence-electron chi connectivity index (χ4n) is 2.78. The number of ether oxygens (including phenoxy) is 2. The van der Waals surface area contributed by atoms with Gasteiger partial charge in [0.1, 0.15) is 17.1 Å². The molecular formula is C22H21N3O4. The fourth-order valence-corrected chi connectivity index (χ4v) is 2.78. The molecular weight excluding hydrogens is 370 g/mol. The van der Waals surface area contributed by atoms with Gasteiger partial charge in [-0.2, -0.15) is 0 Å². The molecule has 1 atom stereocenters. The zero-order valence-electron chi connectivity index (χ0n) is 16.1. The van der Waals surface area contributed by atoms with Crippen molar-refractivity contribution in [3.63, 3.8) is 0 Å². The molecule has 0 fully saturated rings. The molecule has 0 aliphatic rings. The number of benzene rings is 2. The van der Waals surface area contributed by atoms with E-state index in [0.717, 1.165) is 5.56 Å². The zero-order valence-corrected chi connectivity index (χ0v) is 16.1. The minimum atomic E-state index is -1.19. The summed E-state index contributed by atoms with van der Waals surface area (Å²) in [5.41, 5.74) is 7.80. The van der Waals surface area contributed by atoms with Crippen molar-refractivity contribution in [2.45, 2.75) is 13.0 Å². The molecule has 0 bridgehead atoms. The van der Waals surface area contributed by atoms with Gasteiger partial charge < -0.3 is 20.5 Å². The number of carbonyl (C=O) groups is 2. The molecule has 0 aliphatic carbocycles. The lowest BCUT2D eigenvalue weighted by atomic mass is 10.1. The Kier molecular flexibility index (Phi) is 6.09. The maximum absolute atomic E-state index is 13.1. The van der Waals surface area contributed by atoms with E-state index in [9.17, 15) is 9.59 Å². The van der Waals surface area contributed by atoms with Crippen LogP contribution in [0.3, 0.4) is 0 Å². The van der Waals surface area contributed by atoms with Crippen molar-refractivity contribution in [1.82, 2.24) is 4.98 Å². The lowest BCUT2D eigenvalue weighted by Crippen LogP contribution is -2.26. The van der Waals surface area contributed by atoms with Gasteiger partial charge in [0.15, 0.2) is 0 Å². The fraction of sp³-hybridized carbons (Fsp3) is 0.136. The van der Waals surface area contributed by atoms with E-state index >= 15 is 0 Å². The summed E-state index contributed by atoms with van der Waals surface area (Å²) in [6.45, 7) is 1.90. The maximum Gasteiger partial charge on any atom is 0.343 e. The molecule has 3 aromatic rings. The maximum atomic E-state index is 13.1. The molecule has 0 spiro atoms. The highest BCUT2D eigenvalue weighted by atomic mass is 16.5. The van der Waals surface area contributed by atoms with Gasteiger partial charge in [-0.3, -0.25) is 4.79 Å². The Morgan fingerprint density at radius 2 is 1.83 bits per heavy atom. The summed E-state index contributed by atoms with van der Waals surface area (Å²) in [6.07, 6.45) is 0.283. The van der Waals surface area contributed by atoms with Gasteiger partial charge in [-0.1, -0.05) is 36.4 Å². The van der Waals surface area contributed by atoms with Crippen LogP contribution in [-0.2, 0) is 9.53 Å². The molecule has 2 aromatic carbocycles. The van der Waals surface area contributed by atoms with Crippen molar-refractivity contribution in [3.8, 4) is 5.75 Å². The molecule has 7 nitrogen and oxygen atoms in total. The van der Waals surface area contributed by atoms with Gasteiger partial charge in [0.2, 0.25) is 6.10 Å². The number of pyridine rings is 1. The first-order valence-electron chi connectivity index (χ1n) is 8.91. The first kappa shape index (κ1) is 19.9. The number of aryl methyl sites for hydroxylation is 1. The summed E-state index contributed by atoms with van der Waals surface area (Å²) in [7, 11) is 1.51. The number of methoxy groups -OCH3 is 1. The quantitative estimate of drug-likeness (QED) is 0.623. The summed E-state index contributed by atoms with van der Waals surface area (Å²) in [6, 6.07) is 17.2. The molecule has 1 heterocycles. The number of anilines is 2. The smallest absolute Gasteiger partial charge is 0.343 e. The predicted octanol–water partition coefficient (Wildman–Crippen LogP) is 3.52. The van der Waals surface area contributed by atoms with Crippen LogP contribution in [0.25, 0.3) is 0 Å². The van der Waals surface area contributed by atoms with Crippen molar-refractivity contribution >= 4 is 23.4 Å². The van der Waals surface area contributed by atoms with E-state index in [4.69, 9.17) is 15.2 Å². The molecule has 7 heteroatoms. The largest absolute Gasteiger partial charge is 0.495 e. The third-order valence-corrected chi connectivity index (χ3v) is 4.24. The molecule has 0 radical (unpaired) electrons. The van der Waals surface area contributed by atoms with Crippen molar-refractivity contribution in [3.05, 3.63) is 83.6 Å². The second kappa shape index (κ2) is 8.88. The summed E-state index contributed by atoms with van der Waals surface area (Å²) in [4.78, 5) is 29.6. The second-order valence-electron chi connectivity index (χ2n) is 6.33. The van der Waals surface area contributed by atoms with Crippen LogP contribution in [0.1, 0.15) is 27.6 Å². The lowest BCUT2D eigenvalue weighted by Gasteiger charge is -2.19. The summed E-state index contributed by atoms with van der Waals surface area (Å²) in [5, 5.41) is 2.78. The minimum absolute atomic E-state index is 0.0325. The predicted molar refractivity (Wildman–Crippen MR) is 110 cm³/mol. The standard InChI is InChI=1S/C22H21N3O4/c1-14-10-11-18(28-2)17(13-14)25-21(26)19(15-7-4-3-5-8-15)29-22(27)16-9-6-12-24-20(16)23/h3-13,19H,1-2H3,(H2,23,24)(H,25,26)/t19-/m1/s1. The first-order chi connectivity index (χ1) is 14.0. The number of hydrogen-bond donors (Lipinski definition) is 2. The third kappa shape index (κ3) is 4.70. The summed E-state index contributed by atoms with van der Waals surface area (Å²) in [5.74, 6) is -0.726. The van der Waals surface area contributed by atoms with Gasteiger partial charge in [0, 0.05) is 11.8 Å². The number of nitrogens with one attached hydrogen (secondary N) is 1. The Morgan fingerprint density at radius 3 is 2.52 bits per heavy atom. The average molecular weight is 391 g/mol. The number of carbonyl (C=O) groups excluding carboxylic acids is 2. The molecule has 148 valence electrons. The molecule has 1 aromatic heterocycles. The van der Waals surface area contributed by atoms with Crippen LogP contribution in [0.4, 0.5) is 11.5 Å². The molecule has 3 rings (SSSR count). The SMILES string of the molecule is COc1ccc(C)cc1NC(=O)[C@H](OC(=O)c1cccnc1N)c1ccccc1. The van der Waals surface area contributed by atoms with E-state index in [1.54, 1.807) is 42.5 Å². The van der Waals surface area contributed by atoms with Gasteiger partial charge in [-0.25, -0.2) is 9.78 Å². The van der Waals surface area contributed by atoms with Crippen LogP contribution in [0, 0.1) is 6.92 Å². The summed E-state index contributed by atoms with van der Waals surface area (Å²) >= 11 is 0. The first-order valence-corrected chi connectivity index (χ1v) is 8.91. The van der Waals surface area contributed by atoms with Gasteiger partial charge in [-0.05, 0) is 36.8 Å². The minimum Gasteiger partial charge on any atom is -0.495 e. The van der Waals surface area contributed by atoms with E-state index in [1.807, 2.05) is 19.1 Å². The molecule has 3 N–H and O–H groups in total. The molecule has 0 saturated heterocycles. The van der Waals surface area contributed by atoms with Crippen LogP contribution in [0.15, 0.2) is 66.9 Å². The Balaban J connectivity index is 1.90. The van der Waals surface area contributed by atoms with Gasteiger partial charge in [0.25, 0.3) is 5.91 Å². The topological polar surface area (TPSA) is 104 Å². The normalized spacial score (nSPS) is 11.4. The number of nitrogens with zero attached hydrogens (tertiary/aromatic N) is 1. The Morgan fingerprint density at radius 1 is 1.07 bits per heavy atom. The number of esters is 1. The summed E-state index contributed by atoms with van der Waals surface area (Å²) < 4.78 is 10.8. The molecule has 0 saturated carbocycles. The number of hydrogen-bond acceptors (Lipinski definition) is 6. The number of nitrogen functional groups attached to an aromatic ring is 1. The van der Waals surface area contributed by atoms with Crippen LogP contribution in [0.2, 0.25) is 0 Å². The van der Waals surface area contributed by atoms with Gasteiger partial charge in [0.05, 0.1) is 12.8 Å². The highest BCUT2D eigenvalue weighted by Crippen LogP contribution is 2.28. The van der Waals surface area contributed by atoms with E-state index in [1.165, 1.54) is 19.4 Å². The number of rotatable bonds is 6. The average Bonchev–Trinajstić information content (AvgIpc) is 2.73. The monoisotopic (exact) mass is 391 g/mol. The number of amides is 1. The highest BCUT2D eigenvalue weighted by molar-refractivity contribution is 6.00. The Labute approximate surface area is 168 Å². The van der Waals surface area contributed by atoms with Crippen molar-refractivity contribution in [2.24, 2.45) is 0 Å². The van der Waals surface area contributed by atoms with Crippen molar-refractivity contribution in [1.29, 1.82) is 0 Å². The van der Waals surface area contributed by atoms with E-state index < -0.39 is 18.0 Å². The Bertz CT molecular complexity index is 1020. The van der Waals surface area contributed by atoms with Gasteiger partial charge in [-0.15, -0.1) is 0 Å².